The van der Waals surface area contributed by atoms with Gasteiger partial charge in [-0.3, -0.25) is 14.4 Å². The summed E-state index contributed by atoms with van der Waals surface area (Å²) in [5.74, 6) is 0.723. The number of benzene rings is 4. The van der Waals surface area contributed by atoms with Gasteiger partial charge in [-0.15, -0.1) is 6.42 Å². The van der Waals surface area contributed by atoms with Crippen molar-refractivity contribution in [3.05, 3.63) is 120 Å². The molecule has 0 bridgehead atoms. The fraction of sp³-hybridized carbons (Fsp3) is 0.147. The molecule has 6 heteroatoms. The zero-order valence-corrected chi connectivity index (χ0v) is 22.0. The average Bonchev–Trinajstić information content (AvgIpc) is 3.00. The van der Waals surface area contributed by atoms with Crippen molar-refractivity contribution in [2.24, 2.45) is 0 Å². The van der Waals surface area contributed by atoms with E-state index in [-0.39, 0.29) is 12.8 Å². The van der Waals surface area contributed by atoms with Crippen LogP contribution in [0.25, 0.3) is 22.3 Å². The van der Waals surface area contributed by atoms with Gasteiger partial charge in [0.25, 0.3) is 5.91 Å². The zero-order valence-electron chi connectivity index (χ0n) is 22.0. The van der Waals surface area contributed by atoms with Crippen LogP contribution in [0.15, 0.2) is 103 Å². The van der Waals surface area contributed by atoms with Gasteiger partial charge < -0.3 is 15.7 Å². The lowest BCUT2D eigenvalue weighted by Gasteiger charge is -2.18. The smallest absolute Gasteiger partial charge is 0.303 e. The highest BCUT2D eigenvalue weighted by Gasteiger charge is 2.22. The minimum atomic E-state index is -1.03. The lowest BCUT2D eigenvalue weighted by Crippen LogP contribution is -2.47. The number of hydrogen-bond acceptors (Lipinski definition) is 3. The summed E-state index contributed by atoms with van der Waals surface area (Å²) in [6.07, 6.45) is 5.75. The van der Waals surface area contributed by atoms with Gasteiger partial charge in [-0.1, -0.05) is 84.8 Å². The topological polar surface area (TPSA) is 95.5 Å². The molecule has 0 heterocycles. The molecular formula is C34H30N2O4. The molecule has 6 nitrogen and oxygen atoms in total. The van der Waals surface area contributed by atoms with Crippen molar-refractivity contribution in [3.63, 3.8) is 0 Å². The summed E-state index contributed by atoms with van der Waals surface area (Å²) >= 11 is 0. The van der Waals surface area contributed by atoms with Crippen LogP contribution in [0.2, 0.25) is 0 Å². The van der Waals surface area contributed by atoms with Gasteiger partial charge >= 0.3 is 5.97 Å². The number of aliphatic carboxylic acids is 1. The first-order chi connectivity index (χ1) is 19.4. The lowest BCUT2D eigenvalue weighted by molar-refractivity contribution is -0.137. The largest absolute Gasteiger partial charge is 0.481 e. The van der Waals surface area contributed by atoms with Gasteiger partial charge in [-0.05, 0) is 64.9 Å². The summed E-state index contributed by atoms with van der Waals surface area (Å²) in [7, 11) is 0. The second kappa shape index (κ2) is 13.6. The number of nitrogens with one attached hydrogen (secondary N) is 2. The third-order valence-corrected chi connectivity index (χ3v) is 6.57. The Bertz CT molecular complexity index is 1490. The monoisotopic (exact) mass is 530 g/mol. The van der Waals surface area contributed by atoms with Gasteiger partial charge in [0.1, 0.15) is 6.04 Å². The standard InChI is InChI=1S/C34H30N2O4/c1-2-24-8-12-27(13-9-24)28-14-10-25(11-15-28)22-23-35-34(40)31(20-21-32(37)38)36-33(39)30-18-16-29(17-19-30)26-6-4-3-5-7-26/h1,3-19,31H,20-23H2,(H,35,40)(H,36,39)(H,37,38)/t31-/m0/s1. The molecule has 3 N–H and O–H groups in total. The van der Waals surface area contributed by atoms with E-state index in [1.54, 1.807) is 12.1 Å². The van der Waals surface area contributed by atoms with Crippen LogP contribution in [-0.2, 0) is 16.0 Å². The molecule has 0 aromatic heterocycles. The van der Waals surface area contributed by atoms with Crippen LogP contribution in [-0.4, -0.2) is 35.5 Å². The second-order valence-corrected chi connectivity index (χ2v) is 9.36. The third-order valence-electron chi connectivity index (χ3n) is 6.57. The van der Waals surface area contributed by atoms with Crippen molar-refractivity contribution in [2.45, 2.75) is 25.3 Å². The molecule has 0 saturated carbocycles. The van der Waals surface area contributed by atoms with E-state index in [9.17, 15) is 14.4 Å². The predicted octanol–water partition coefficient (Wildman–Crippen LogP) is 5.32. The van der Waals surface area contributed by atoms with E-state index in [1.807, 2.05) is 91.0 Å². The van der Waals surface area contributed by atoms with Gasteiger partial charge in [0.05, 0.1) is 0 Å². The van der Waals surface area contributed by atoms with Crippen molar-refractivity contribution in [1.29, 1.82) is 0 Å². The number of amides is 2. The highest BCUT2D eigenvalue weighted by atomic mass is 16.4. The Labute approximate surface area is 234 Å². The summed E-state index contributed by atoms with van der Waals surface area (Å²) in [5, 5.41) is 14.7. The molecule has 0 spiro atoms. The number of carbonyl (C=O) groups excluding carboxylic acids is 2. The van der Waals surface area contributed by atoms with E-state index < -0.39 is 23.8 Å². The van der Waals surface area contributed by atoms with Gasteiger partial charge in [-0.25, -0.2) is 0 Å². The first kappa shape index (κ1) is 27.9. The van der Waals surface area contributed by atoms with E-state index in [1.165, 1.54) is 0 Å². The molecular weight excluding hydrogens is 500 g/mol. The Hall–Kier alpha value is -5.15. The van der Waals surface area contributed by atoms with E-state index in [4.69, 9.17) is 11.5 Å². The number of terminal acetylenes is 1. The normalized spacial score (nSPS) is 11.2. The second-order valence-electron chi connectivity index (χ2n) is 9.36. The highest BCUT2D eigenvalue weighted by Crippen LogP contribution is 2.21. The number of carboxylic acid groups (broad SMARTS) is 1. The molecule has 0 aliphatic rings. The minimum Gasteiger partial charge on any atom is -0.481 e. The van der Waals surface area contributed by atoms with Crippen molar-refractivity contribution in [1.82, 2.24) is 10.6 Å². The van der Waals surface area contributed by atoms with E-state index >= 15 is 0 Å². The van der Waals surface area contributed by atoms with Crippen LogP contribution in [0, 0.1) is 12.3 Å². The average molecular weight is 531 g/mol. The summed E-state index contributed by atoms with van der Waals surface area (Å²) in [4.78, 5) is 37.0. The molecule has 0 radical (unpaired) electrons. The molecule has 0 aliphatic heterocycles. The van der Waals surface area contributed by atoms with Crippen molar-refractivity contribution in [2.75, 3.05) is 6.54 Å². The third kappa shape index (κ3) is 7.68. The van der Waals surface area contributed by atoms with Crippen LogP contribution in [0.4, 0.5) is 0 Å². The summed E-state index contributed by atoms with van der Waals surface area (Å²) in [5.41, 5.74) is 6.37. The molecule has 0 saturated heterocycles. The molecule has 0 fully saturated rings. The van der Waals surface area contributed by atoms with Gasteiger partial charge in [0, 0.05) is 24.1 Å². The van der Waals surface area contributed by atoms with Crippen LogP contribution < -0.4 is 10.6 Å². The fourth-order valence-electron chi connectivity index (χ4n) is 4.30. The number of hydrogen-bond donors (Lipinski definition) is 3. The Balaban J connectivity index is 1.33. The maximum absolute atomic E-state index is 12.9. The van der Waals surface area contributed by atoms with E-state index in [0.29, 0.717) is 18.5 Å². The Kier molecular flexibility index (Phi) is 9.47. The summed E-state index contributed by atoms with van der Waals surface area (Å²) in [6, 6.07) is 31.7. The fourth-order valence-corrected chi connectivity index (χ4v) is 4.30. The summed E-state index contributed by atoms with van der Waals surface area (Å²) in [6.45, 7) is 0.347. The number of carbonyl (C=O) groups is 3. The maximum atomic E-state index is 12.9. The predicted molar refractivity (Wildman–Crippen MR) is 157 cm³/mol. The van der Waals surface area contributed by atoms with Crippen LogP contribution >= 0.6 is 0 Å². The summed E-state index contributed by atoms with van der Waals surface area (Å²) < 4.78 is 0. The lowest BCUT2D eigenvalue weighted by atomic mass is 10.0. The minimum absolute atomic E-state index is 0.0117. The molecule has 4 rings (SSSR count). The van der Waals surface area contributed by atoms with Gasteiger partial charge in [0.2, 0.25) is 5.91 Å². The van der Waals surface area contributed by atoms with Crippen LogP contribution in [0.3, 0.4) is 0 Å². The van der Waals surface area contributed by atoms with Crippen molar-refractivity contribution in [3.8, 4) is 34.6 Å². The first-order valence-electron chi connectivity index (χ1n) is 13.0. The molecule has 0 aliphatic carbocycles. The van der Waals surface area contributed by atoms with Crippen LogP contribution in [0.5, 0.6) is 0 Å². The first-order valence-corrected chi connectivity index (χ1v) is 13.0. The van der Waals surface area contributed by atoms with Crippen molar-refractivity contribution >= 4 is 17.8 Å². The number of carboxylic acids is 1. The SMILES string of the molecule is C#Cc1ccc(-c2ccc(CCNC(=O)[C@H](CCC(=O)O)NC(=O)c3ccc(-c4ccccc4)cc3)cc2)cc1. The van der Waals surface area contributed by atoms with E-state index in [2.05, 4.69) is 16.6 Å². The van der Waals surface area contributed by atoms with E-state index in [0.717, 1.165) is 33.4 Å². The zero-order chi connectivity index (χ0) is 28.3. The molecule has 1 atom stereocenters. The number of rotatable bonds is 11. The van der Waals surface area contributed by atoms with Crippen LogP contribution in [0.1, 0.15) is 34.3 Å². The molecule has 4 aromatic carbocycles. The quantitative estimate of drug-likeness (QED) is 0.229. The van der Waals surface area contributed by atoms with Gasteiger partial charge in [0.15, 0.2) is 0 Å². The Morgan fingerprint density at radius 2 is 1.30 bits per heavy atom. The highest BCUT2D eigenvalue weighted by molar-refractivity contribution is 5.98. The van der Waals surface area contributed by atoms with Crippen molar-refractivity contribution < 1.29 is 19.5 Å². The molecule has 2 amide bonds. The van der Waals surface area contributed by atoms with Gasteiger partial charge in [-0.2, -0.15) is 0 Å². The maximum Gasteiger partial charge on any atom is 0.303 e. The molecule has 0 unspecified atom stereocenters. The Morgan fingerprint density at radius 3 is 1.88 bits per heavy atom. The molecule has 200 valence electrons. The Morgan fingerprint density at radius 1 is 0.750 bits per heavy atom. The molecule has 4 aromatic rings. The molecule has 40 heavy (non-hydrogen) atoms.